The molecule has 0 radical (unpaired) electrons. The second kappa shape index (κ2) is 3.72. The Kier molecular flexibility index (Phi) is 2.40. The lowest BCUT2D eigenvalue weighted by atomic mass is 10.1. The van der Waals surface area contributed by atoms with Gasteiger partial charge in [-0.05, 0) is 0 Å². The van der Waals surface area contributed by atoms with Gasteiger partial charge in [0, 0.05) is 13.0 Å². The number of carboxylic acid groups (broad SMARTS) is 1. The van der Waals surface area contributed by atoms with E-state index >= 15 is 0 Å². The Hall–Kier alpha value is -1.85. The number of nitrogens with zero attached hydrogens (tertiary/aromatic N) is 2. The Balaban J connectivity index is 2.00. The molecule has 0 bridgehead atoms. The quantitative estimate of drug-likeness (QED) is 0.765. The molecule has 1 saturated heterocycles. The Morgan fingerprint density at radius 2 is 2.53 bits per heavy atom. The van der Waals surface area contributed by atoms with E-state index in [9.17, 15) is 9.59 Å². The van der Waals surface area contributed by atoms with Crippen LogP contribution in [0.25, 0.3) is 0 Å². The molecule has 1 aliphatic rings. The number of hydrogen-bond acceptors (Lipinski definition) is 4. The maximum atomic E-state index is 11.4. The van der Waals surface area contributed by atoms with Gasteiger partial charge in [-0.2, -0.15) is 0 Å². The van der Waals surface area contributed by atoms with Crippen molar-refractivity contribution < 1.29 is 19.1 Å². The van der Waals surface area contributed by atoms with E-state index in [1.165, 1.54) is 17.6 Å². The lowest BCUT2D eigenvalue weighted by Crippen LogP contribution is -2.25. The average molecular weight is 210 g/mol. The van der Waals surface area contributed by atoms with Crippen LogP contribution in [0.15, 0.2) is 17.1 Å². The lowest BCUT2D eigenvalue weighted by Gasteiger charge is -2.13. The minimum Gasteiger partial charge on any atom is -0.481 e. The highest BCUT2D eigenvalue weighted by atomic mass is 16.4. The lowest BCUT2D eigenvalue weighted by molar-refractivity contribution is -0.141. The second-order valence-corrected chi connectivity index (χ2v) is 3.49. The van der Waals surface area contributed by atoms with Crippen molar-refractivity contribution in [3.63, 3.8) is 0 Å². The van der Waals surface area contributed by atoms with Crippen LogP contribution in [0, 0.1) is 5.92 Å². The monoisotopic (exact) mass is 210 g/mol. The van der Waals surface area contributed by atoms with Crippen LogP contribution >= 0.6 is 0 Å². The molecule has 6 heteroatoms. The standard InChI is InChI=1S/C9H10N2O4/c12-8-1-6(9(13)14)2-11(8)3-7-4-15-5-10-7/h4-6H,1-3H2,(H,13,14). The van der Waals surface area contributed by atoms with Crippen LogP contribution in [-0.2, 0) is 16.1 Å². The average Bonchev–Trinajstić information content (AvgIpc) is 2.77. The van der Waals surface area contributed by atoms with Crippen molar-refractivity contribution in [3.05, 3.63) is 18.4 Å². The maximum absolute atomic E-state index is 11.4. The molecule has 0 aromatic carbocycles. The number of carbonyl (C=O) groups is 2. The molecule has 15 heavy (non-hydrogen) atoms. The summed E-state index contributed by atoms with van der Waals surface area (Å²) in [5.74, 6) is -1.67. The van der Waals surface area contributed by atoms with Gasteiger partial charge in [0.2, 0.25) is 5.91 Å². The summed E-state index contributed by atoms with van der Waals surface area (Å²) in [6.07, 6.45) is 2.80. The third-order valence-electron chi connectivity index (χ3n) is 2.40. The zero-order chi connectivity index (χ0) is 10.8. The van der Waals surface area contributed by atoms with E-state index in [-0.39, 0.29) is 18.9 Å². The zero-order valence-corrected chi connectivity index (χ0v) is 7.92. The van der Waals surface area contributed by atoms with E-state index in [1.54, 1.807) is 0 Å². The molecule has 1 unspecified atom stereocenters. The molecule has 1 N–H and O–H groups in total. The van der Waals surface area contributed by atoms with Gasteiger partial charge in [-0.1, -0.05) is 0 Å². The number of aliphatic carboxylic acids is 1. The molecule has 1 atom stereocenters. The van der Waals surface area contributed by atoms with E-state index in [4.69, 9.17) is 9.52 Å². The molecule has 1 amide bonds. The SMILES string of the molecule is O=C(O)C1CC(=O)N(Cc2cocn2)C1. The molecule has 0 aliphatic carbocycles. The van der Waals surface area contributed by atoms with Crippen LogP contribution in [0.4, 0.5) is 0 Å². The molecule has 1 fully saturated rings. The first-order valence-electron chi connectivity index (χ1n) is 4.54. The van der Waals surface area contributed by atoms with E-state index in [0.717, 1.165) is 0 Å². The van der Waals surface area contributed by atoms with Crippen molar-refractivity contribution in [2.24, 2.45) is 5.92 Å². The van der Waals surface area contributed by atoms with Gasteiger partial charge in [-0.15, -0.1) is 0 Å². The summed E-state index contributed by atoms with van der Waals surface area (Å²) >= 11 is 0. The molecule has 80 valence electrons. The third-order valence-corrected chi connectivity index (χ3v) is 2.40. The number of likely N-dealkylation sites (tertiary alicyclic amines) is 1. The summed E-state index contributed by atoms with van der Waals surface area (Å²) in [7, 11) is 0. The minimum atomic E-state index is -0.925. The van der Waals surface area contributed by atoms with Crippen LogP contribution in [0.1, 0.15) is 12.1 Å². The minimum absolute atomic E-state index is 0.0766. The molecule has 1 aromatic rings. The van der Waals surface area contributed by atoms with E-state index in [1.807, 2.05) is 0 Å². The Morgan fingerprint density at radius 1 is 1.73 bits per heavy atom. The number of rotatable bonds is 3. The first-order chi connectivity index (χ1) is 7.16. The van der Waals surface area contributed by atoms with Crippen molar-refractivity contribution in [1.82, 2.24) is 9.88 Å². The normalized spacial score (nSPS) is 20.9. The molecular weight excluding hydrogens is 200 g/mol. The summed E-state index contributed by atoms with van der Waals surface area (Å²) in [5, 5.41) is 8.76. The van der Waals surface area contributed by atoms with Crippen molar-refractivity contribution >= 4 is 11.9 Å². The van der Waals surface area contributed by atoms with Gasteiger partial charge < -0.3 is 14.4 Å². The van der Waals surface area contributed by atoms with Crippen LogP contribution in [0.2, 0.25) is 0 Å². The van der Waals surface area contributed by atoms with Gasteiger partial charge in [-0.3, -0.25) is 9.59 Å². The van der Waals surface area contributed by atoms with Gasteiger partial charge >= 0.3 is 5.97 Å². The predicted molar refractivity (Wildman–Crippen MR) is 47.7 cm³/mol. The topological polar surface area (TPSA) is 83.6 Å². The summed E-state index contributed by atoms with van der Waals surface area (Å²) in [6.45, 7) is 0.570. The number of oxazole rings is 1. The van der Waals surface area contributed by atoms with E-state index in [0.29, 0.717) is 12.2 Å². The van der Waals surface area contributed by atoms with Crippen LogP contribution < -0.4 is 0 Å². The summed E-state index contributed by atoms with van der Waals surface area (Å²) in [6, 6.07) is 0. The molecule has 2 heterocycles. The molecule has 2 rings (SSSR count). The van der Waals surface area contributed by atoms with Crippen LogP contribution in [0.5, 0.6) is 0 Å². The number of hydrogen-bond donors (Lipinski definition) is 1. The Labute approximate surface area is 85.5 Å². The van der Waals surface area contributed by atoms with Gasteiger partial charge in [0.15, 0.2) is 6.39 Å². The Morgan fingerprint density at radius 3 is 3.07 bits per heavy atom. The third kappa shape index (κ3) is 1.98. The number of carbonyl (C=O) groups excluding carboxylic acids is 1. The molecule has 0 saturated carbocycles. The number of amides is 1. The van der Waals surface area contributed by atoms with E-state index in [2.05, 4.69) is 4.98 Å². The Bertz CT molecular complexity index is 373. The molecule has 0 spiro atoms. The second-order valence-electron chi connectivity index (χ2n) is 3.49. The molecule has 1 aromatic heterocycles. The van der Waals surface area contributed by atoms with Crippen molar-refractivity contribution in [2.75, 3.05) is 6.54 Å². The smallest absolute Gasteiger partial charge is 0.308 e. The zero-order valence-electron chi connectivity index (χ0n) is 7.92. The maximum Gasteiger partial charge on any atom is 0.308 e. The highest BCUT2D eigenvalue weighted by Gasteiger charge is 2.34. The molecule has 6 nitrogen and oxygen atoms in total. The highest BCUT2D eigenvalue weighted by Crippen LogP contribution is 2.19. The van der Waals surface area contributed by atoms with Crippen molar-refractivity contribution in [3.8, 4) is 0 Å². The fourth-order valence-electron chi connectivity index (χ4n) is 1.60. The van der Waals surface area contributed by atoms with Gasteiger partial charge in [0.05, 0.1) is 18.2 Å². The van der Waals surface area contributed by atoms with Gasteiger partial charge in [0.1, 0.15) is 6.26 Å². The fraction of sp³-hybridized carbons (Fsp3) is 0.444. The fourth-order valence-corrected chi connectivity index (χ4v) is 1.60. The predicted octanol–water partition coefficient (Wildman–Crippen LogP) is 0.108. The summed E-state index contributed by atoms with van der Waals surface area (Å²) < 4.78 is 4.77. The summed E-state index contributed by atoms with van der Waals surface area (Å²) in [4.78, 5) is 27.5. The van der Waals surface area contributed by atoms with Crippen molar-refractivity contribution in [2.45, 2.75) is 13.0 Å². The largest absolute Gasteiger partial charge is 0.481 e. The van der Waals surface area contributed by atoms with Crippen molar-refractivity contribution in [1.29, 1.82) is 0 Å². The van der Waals surface area contributed by atoms with Gasteiger partial charge in [-0.25, -0.2) is 4.98 Å². The first-order valence-corrected chi connectivity index (χ1v) is 4.54. The van der Waals surface area contributed by atoms with Crippen LogP contribution in [-0.4, -0.2) is 33.4 Å². The summed E-state index contributed by atoms with van der Waals surface area (Å²) in [5.41, 5.74) is 0.634. The van der Waals surface area contributed by atoms with Crippen LogP contribution in [0.3, 0.4) is 0 Å². The van der Waals surface area contributed by atoms with Gasteiger partial charge in [0.25, 0.3) is 0 Å². The molecular formula is C9H10N2O4. The number of aromatic nitrogens is 1. The first kappa shape index (κ1) is 9.70. The highest BCUT2D eigenvalue weighted by molar-refractivity contribution is 5.85. The number of carboxylic acids is 1. The van der Waals surface area contributed by atoms with E-state index < -0.39 is 11.9 Å². The molecule has 1 aliphatic heterocycles.